The van der Waals surface area contributed by atoms with Crippen molar-refractivity contribution in [2.75, 3.05) is 23.3 Å². The van der Waals surface area contributed by atoms with Crippen LogP contribution in [-0.2, 0) is 4.79 Å². The van der Waals surface area contributed by atoms with Crippen LogP contribution >= 0.6 is 0 Å². The molecule has 1 fully saturated rings. The summed E-state index contributed by atoms with van der Waals surface area (Å²) in [7, 11) is 0. The van der Waals surface area contributed by atoms with Gasteiger partial charge in [0.25, 0.3) is 0 Å². The maximum Gasteiger partial charge on any atom is 0.306 e. The van der Waals surface area contributed by atoms with E-state index < -0.39 is 5.97 Å². The molecule has 3 rings (SSSR count). The first-order valence-corrected chi connectivity index (χ1v) is 8.26. The van der Waals surface area contributed by atoms with Crippen LogP contribution in [0.5, 0.6) is 0 Å². The molecule has 6 heteroatoms. The molecule has 0 spiro atoms. The number of piperidine rings is 1. The fourth-order valence-corrected chi connectivity index (χ4v) is 2.97. The second-order valence-electron chi connectivity index (χ2n) is 6.11. The number of anilines is 2. The molecule has 24 heavy (non-hydrogen) atoms. The number of hydrogen-bond donors (Lipinski definition) is 2. The van der Waals surface area contributed by atoms with Crippen LogP contribution in [0, 0.1) is 5.92 Å². The predicted octanol–water partition coefficient (Wildman–Crippen LogP) is 2.95. The highest BCUT2D eigenvalue weighted by atomic mass is 16.4. The van der Waals surface area contributed by atoms with Crippen molar-refractivity contribution in [1.29, 1.82) is 0 Å². The lowest BCUT2D eigenvalue weighted by Gasteiger charge is -2.31. The molecule has 126 valence electrons. The van der Waals surface area contributed by atoms with Crippen LogP contribution in [-0.4, -0.2) is 34.1 Å². The van der Waals surface area contributed by atoms with Crippen molar-refractivity contribution in [2.24, 2.45) is 5.92 Å². The van der Waals surface area contributed by atoms with Crippen LogP contribution < -0.4 is 10.2 Å². The van der Waals surface area contributed by atoms with E-state index in [2.05, 4.69) is 39.2 Å². The molecule has 0 saturated carbocycles. The maximum absolute atomic E-state index is 11.1. The molecule has 1 aromatic heterocycles. The number of aromatic nitrogens is 2. The first-order chi connectivity index (χ1) is 11.6. The summed E-state index contributed by atoms with van der Waals surface area (Å²) in [5, 5.41) is 12.4. The normalized spacial score (nSPS) is 16.6. The lowest BCUT2D eigenvalue weighted by Crippen LogP contribution is -2.36. The molecule has 1 saturated heterocycles. The fourth-order valence-electron chi connectivity index (χ4n) is 2.97. The molecule has 1 aliphatic rings. The third-order valence-electron chi connectivity index (χ3n) is 4.45. The van der Waals surface area contributed by atoms with Gasteiger partial charge in [0.15, 0.2) is 0 Å². The second-order valence-corrected chi connectivity index (χ2v) is 6.11. The van der Waals surface area contributed by atoms with Crippen LogP contribution in [0.3, 0.4) is 0 Å². The van der Waals surface area contributed by atoms with Gasteiger partial charge in [-0.05, 0) is 31.4 Å². The quantitative estimate of drug-likeness (QED) is 0.879. The summed E-state index contributed by atoms with van der Waals surface area (Å²) in [4.78, 5) is 22.1. The zero-order valence-corrected chi connectivity index (χ0v) is 13.7. The van der Waals surface area contributed by atoms with E-state index in [4.69, 9.17) is 5.11 Å². The van der Waals surface area contributed by atoms with E-state index in [1.165, 1.54) is 5.56 Å². The van der Waals surface area contributed by atoms with E-state index in [0.29, 0.717) is 31.9 Å². The van der Waals surface area contributed by atoms with Gasteiger partial charge in [0, 0.05) is 19.3 Å². The van der Waals surface area contributed by atoms with E-state index in [0.717, 1.165) is 5.82 Å². The molecule has 2 heterocycles. The number of hydrogen-bond acceptors (Lipinski definition) is 5. The van der Waals surface area contributed by atoms with Crippen molar-refractivity contribution in [3.05, 3.63) is 48.2 Å². The van der Waals surface area contributed by atoms with Crippen molar-refractivity contribution in [3.63, 3.8) is 0 Å². The highest BCUT2D eigenvalue weighted by molar-refractivity contribution is 5.70. The molecule has 2 N–H and O–H groups in total. The van der Waals surface area contributed by atoms with Crippen LogP contribution in [0.15, 0.2) is 42.6 Å². The molecule has 0 bridgehead atoms. The van der Waals surface area contributed by atoms with E-state index >= 15 is 0 Å². The van der Waals surface area contributed by atoms with E-state index in [1.54, 1.807) is 6.20 Å². The Bertz CT molecular complexity index is 684. The van der Waals surface area contributed by atoms with Crippen LogP contribution in [0.1, 0.15) is 31.4 Å². The smallest absolute Gasteiger partial charge is 0.306 e. The summed E-state index contributed by atoms with van der Waals surface area (Å²) in [6, 6.07) is 12.1. The van der Waals surface area contributed by atoms with E-state index in [1.807, 2.05) is 24.3 Å². The van der Waals surface area contributed by atoms with Crippen molar-refractivity contribution in [3.8, 4) is 0 Å². The number of carboxylic acids is 1. The summed E-state index contributed by atoms with van der Waals surface area (Å²) in [6.07, 6.45) is 3.05. The molecular formula is C18H22N4O2. The number of carboxylic acid groups (broad SMARTS) is 1. The van der Waals surface area contributed by atoms with Crippen molar-refractivity contribution < 1.29 is 9.90 Å². The van der Waals surface area contributed by atoms with Crippen molar-refractivity contribution >= 4 is 17.7 Å². The van der Waals surface area contributed by atoms with Crippen LogP contribution in [0.4, 0.5) is 11.8 Å². The van der Waals surface area contributed by atoms with Gasteiger partial charge in [0.2, 0.25) is 5.95 Å². The molecule has 1 aromatic carbocycles. The van der Waals surface area contributed by atoms with Gasteiger partial charge in [-0.2, -0.15) is 4.98 Å². The van der Waals surface area contributed by atoms with Crippen molar-refractivity contribution in [2.45, 2.75) is 25.8 Å². The molecule has 1 aliphatic heterocycles. The topological polar surface area (TPSA) is 78.4 Å². The number of nitrogens with one attached hydrogen (secondary N) is 1. The zero-order chi connectivity index (χ0) is 16.9. The van der Waals surface area contributed by atoms with Gasteiger partial charge in [-0.1, -0.05) is 30.3 Å². The van der Waals surface area contributed by atoms with Gasteiger partial charge >= 0.3 is 5.97 Å². The van der Waals surface area contributed by atoms with E-state index in [9.17, 15) is 4.79 Å². The van der Waals surface area contributed by atoms with Gasteiger partial charge in [0.1, 0.15) is 5.82 Å². The van der Waals surface area contributed by atoms with Crippen LogP contribution in [0.2, 0.25) is 0 Å². The summed E-state index contributed by atoms with van der Waals surface area (Å²) in [5.74, 6) is 0.496. The minimum absolute atomic E-state index is 0.110. The Morgan fingerprint density at radius 2 is 1.96 bits per heavy atom. The van der Waals surface area contributed by atoms with Gasteiger partial charge in [0.05, 0.1) is 12.0 Å². The predicted molar refractivity (Wildman–Crippen MR) is 93.1 cm³/mol. The molecule has 6 nitrogen and oxygen atoms in total. The van der Waals surface area contributed by atoms with Crippen molar-refractivity contribution in [1.82, 2.24) is 9.97 Å². The molecule has 2 aromatic rings. The third kappa shape index (κ3) is 3.82. The standard InChI is InChI=1S/C18H22N4O2/c1-13(14-5-3-2-4-6-14)20-18-19-10-7-16(21-18)22-11-8-15(9-12-22)17(23)24/h2-7,10,13,15H,8-9,11-12H2,1H3,(H,23,24)(H,19,20,21). The molecule has 1 unspecified atom stereocenters. The number of nitrogens with zero attached hydrogens (tertiary/aromatic N) is 3. The third-order valence-corrected chi connectivity index (χ3v) is 4.45. The minimum Gasteiger partial charge on any atom is -0.481 e. The van der Waals surface area contributed by atoms with Gasteiger partial charge < -0.3 is 15.3 Å². The number of benzene rings is 1. The summed E-state index contributed by atoms with van der Waals surface area (Å²) < 4.78 is 0. The molecule has 1 atom stereocenters. The van der Waals surface area contributed by atoms with Gasteiger partial charge in [-0.15, -0.1) is 0 Å². The van der Waals surface area contributed by atoms with Gasteiger partial charge in [-0.25, -0.2) is 4.98 Å². The molecule has 0 aliphatic carbocycles. The highest BCUT2D eigenvalue weighted by Crippen LogP contribution is 2.23. The number of rotatable bonds is 5. The Labute approximate surface area is 141 Å². The Morgan fingerprint density at radius 1 is 1.25 bits per heavy atom. The summed E-state index contributed by atoms with van der Waals surface area (Å²) in [5.41, 5.74) is 1.17. The minimum atomic E-state index is -0.698. The first kappa shape index (κ1) is 16.2. The molecular weight excluding hydrogens is 304 g/mol. The van der Waals surface area contributed by atoms with E-state index in [-0.39, 0.29) is 12.0 Å². The lowest BCUT2D eigenvalue weighted by molar-refractivity contribution is -0.142. The fraction of sp³-hybridized carbons (Fsp3) is 0.389. The van der Waals surface area contributed by atoms with Crippen LogP contribution in [0.25, 0.3) is 0 Å². The average molecular weight is 326 g/mol. The Balaban J connectivity index is 1.65. The SMILES string of the molecule is CC(Nc1nccc(N2CCC(C(=O)O)CC2)n1)c1ccccc1. The zero-order valence-electron chi connectivity index (χ0n) is 13.7. The first-order valence-electron chi connectivity index (χ1n) is 8.26. The number of aliphatic carboxylic acids is 1. The number of carbonyl (C=O) groups is 1. The largest absolute Gasteiger partial charge is 0.481 e. The lowest BCUT2D eigenvalue weighted by atomic mass is 9.97. The monoisotopic (exact) mass is 326 g/mol. The molecule has 0 amide bonds. The Kier molecular flexibility index (Phi) is 4.93. The Morgan fingerprint density at radius 3 is 2.62 bits per heavy atom. The molecule has 0 radical (unpaired) electrons. The highest BCUT2D eigenvalue weighted by Gasteiger charge is 2.25. The average Bonchev–Trinajstić information content (AvgIpc) is 2.63. The Hall–Kier alpha value is -2.63. The second kappa shape index (κ2) is 7.29. The summed E-state index contributed by atoms with van der Waals surface area (Å²) >= 11 is 0. The summed E-state index contributed by atoms with van der Waals surface area (Å²) in [6.45, 7) is 3.49. The van der Waals surface area contributed by atoms with Gasteiger partial charge in [-0.3, -0.25) is 4.79 Å². The maximum atomic E-state index is 11.1.